The van der Waals surface area contributed by atoms with E-state index in [1.165, 1.54) is 26.4 Å². The number of allylic oxidation sites excluding steroid dienone is 3. The number of anilines is 1. The molecule has 0 aromatic heterocycles. The highest BCUT2D eigenvalue weighted by molar-refractivity contribution is 6.13. The lowest BCUT2D eigenvalue weighted by atomic mass is 9.55. The summed E-state index contributed by atoms with van der Waals surface area (Å²) in [5.41, 5.74) is 5.47. The number of carbonyl (C=O) groups excluding carboxylic acids is 2. The molecular weight excluding hydrogens is 480 g/mol. The highest BCUT2D eigenvalue weighted by atomic mass is 16.5. The quantitative estimate of drug-likeness (QED) is 0.421. The molecule has 5 rings (SSSR count). The van der Waals surface area contributed by atoms with Crippen molar-refractivity contribution in [3.05, 3.63) is 108 Å². The molecule has 1 aliphatic carbocycles. The number of imide groups is 1. The van der Waals surface area contributed by atoms with Crippen LogP contribution in [0.5, 0.6) is 17.2 Å². The summed E-state index contributed by atoms with van der Waals surface area (Å²) in [4.78, 5) is 28.7. The van der Waals surface area contributed by atoms with E-state index >= 15 is 0 Å². The highest BCUT2D eigenvalue weighted by Gasteiger charge is 2.66. The Balaban J connectivity index is 1.79. The molecule has 1 aliphatic heterocycles. The lowest BCUT2D eigenvalue weighted by Crippen LogP contribution is -2.48. The first-order chi connectivity index (χ1) is 18.4. The molecule has 3 atom stereocenters. The fraction of sp³-hybridized carbons (Fsp3) is 0.226. The third-order valence-electron chi connectivity index (χ3n) is 7.60. The summed E-state index contributed by atoms with van der Waals surface area (Å²) in [5, 5.41) is 11.5. The van der Waals surface area contributed by atoms with Gasteiger partial charge >= 0.3 is 0 Å². The van der Waals surface area contributed by atoms with Crippen LogP contribution in [0.1, 0.15) is 29.0 Å². The van der Waals surface area contributed by atoms with E-state index in [9.17, 15) is 14.7 Å². The second kappa shape index (κ2) is 9.74. The maximum atomic E-state index is 14.7. The van der Waals surface area contributed by atoms with E-state index in [0.717, 1.165) is 16.1 Å². The number of aromatic hydroxyl groups is 1. The molecule has 1 heterocycles. The lowest BCUT2D eigenvalue weighted by Gasteiger charge is -2.43. The van der Waals surface area contributed by atoms with Crippen molar-refractivity contribution in [3.8, 4) is 17.2 Å². The molecule has 0 unspecified atom stereocenters. The number of nitrogens with zero attached hydrogens (tertiary/aromatic N) is 1. The first-order valence-electron chi connectivity index (χ1n) is 12.4. The lowest BCUT2D eigenvalue weighted by molar-refractivity contribution is -0.138. The number of rotatable bonds is 7. The molecule has 1 fully saturated rings. The van der Waals surface area contributed by atoms with Gasteiger partial charge < -0.3 is 14.6 Å². The van der Waals surface area contributed by atoms with E-state index in [4.69, 9.17) is 9.47 Å². The number of aryl methyl sites for hydroxylation is 1. The predicted octanol–water partition coefficient (Wildman–Crippen LogP) is 5.27. The molecule has 0 spiro atoms. The van der Waals surface area contributed by atoms with Crippen molar-refractivity contribution in [2.45, 2.75) is 24.7 Å². The summed E-state index contributed by atoms with van der Waals surface area (Å²) >= 11 is 0. The van der Waals surface area contributed by atoms with E-state index in [1.54, 1.807) is 6.08 Å². The Labute approximate surface area is 222 Å². The molecule has 38 heavy (non-hydrogen) atoms. The summed E-state index contributed by atoms with van der Waals surface area (Å²) in [6, 6.07) is 19.9. The zero-order valence-corrected chi connectivity index (χ0v) is 21.6. The van der Waals surface area contributed by atoms with Gasteiger partial charge in [0.15, 0.2) is 0 Å². The molecule has 7 nitrogen and oxygen atoms in total. The highest BCUT2D eigenvalue weighted by Crippen LogP contribution is 2.60. The van der Waals surface area contributed by atoms with Crippen LogP contribution in [0.15, 0.2) is 91.0 Å². The Hall–Kier alpha value is -4.52. The summed E-state index contributed by atoms with van der Waals surface area (Å²) in [6.45, 7) is 6.01. The number of ether oxygens (including phenoxy) is 2. The minimum absolute atomic E-state index is 0.0378. The van der Waals surface area contributed by atoms with Gasteiger partial charge in [-0.25, -0.2) is 0 Å². The average molecular weight is 511 g/mol. The van der Waals surface area contributed by atoms with Gasteiger partial charge in [-0.3, -0.25) is 15.0 Å². The summed E-state index contributed by atoms with van der Waals surface area (Å²) in [5.74, 6) is -1.43. The SMILES string of the molecule is C=CC1=CC[C@H]2C(=O)N(Nc3ccc(C)cc3)C(=O)[C@@]2(c2ccccc2)[C@H]1c1c(OC)cc(O)cc1OC. The Morgan fingerprint density at radius 3 is 2.24 bits per heavy atom. The Bertz CT molecular complexity index is 1410. The minimum atomic E-state index is -1.33. The van der Waals surface area contributed by atoms with Crippen LogP contribution in [0, 0.1) is 12.8 Å². The number of nitrogens with one attached hydrogen (secondary N) is 1. The average Bonchev–Trinajstić information content (AvgIpc) is 3.16. The van der Waals surface area contributed by atoms with Gasteiger partial charge in [-0.2, -0.15) is 5.01 Å². The predicted molar refractivity (Wildman–Crippen MR) is 145 cm³/mol. The molecule has 0 radical (unpaired) electrons. The molecule has 2 N–H and O–H groups in total. The van der Waals surface area contributed by atoms with Crippen LogP contribution in [0.25, 0.3) is 0 Å². The number of phenols is 1. The maximum absolute atomic E-state index is 14.7. The number of hydrogen-bond donors (Lipinski definition) is 2. The van der Waals surface area contributed by atoms with Gasteiger partial charge in [0.05, 0.1) is 31.2 Å². The fourth-order valence-electron chi connectivity index (χ4n) is 5.90. The van der Waals surface area contributed by atoms with E-state index in [-0.39, 0.29) is 17.6 Å². The Morgan fingerprint density at radius 2 is 1.66 bits per heavy atom. The molecule has 194 valence electrons. The largest absolute Gasteiger partial charge is 0.508 e. The zero-order chi connectivity index (χ0) is 27.0. The van der Waals surface area contributed by atoms with Crippen molar-refractivity contribution in [1.82, 2.24) is 5.01 Å². The van der Waals surface area contributed by atoms with Crippen LogP contribution in [0.3, 0.4) is 0 Å². The number of phenolic OH excluding ortho intramolecular Hbond substituents is 1. The second-order valence-electron chi connectivity index (χ2n) is 9.59. The van der Waals surface area contributed by atoms with Crippen molar-refractivity contribution in [2.24, 2.45) is 5.92 Å². The third kappa shape index (κ3) is 3.74. The van der Waals surface area contributed by atoms with Crippen molar-refractivity contribution >= 4 is 17.5 Å². The molecule has 3 aromatic rings. The zero-order valence-electron chi connectivity index (χ0n) is 21.6. The topological polar surface area (TPSA) is 88.1 Å². The number of methoxy groups -OCH3 is 2. The Kier molecular flexibility index (Phi) is 6.45. The molecule has 2 amide bonds. The van der Waals surface area contributed by atoms with Gasteiger partial charge in [0.2, 0.25) is 0 Å². The Morgan fingerprint density at radius 1 is 1.03 bits per heavy atom. The second-order valence-corrected chi connectivity index (χ2v) is 9.59. The number of carbonyl (C=O) groups is 2. The number of hydrogen-bond acceptors (Lipinski definition) is 6. The van der Waals surface area contributed by atoms with Crippen molar-refractivity contribution in [1.29, 1.82) is 0 Å². The number of amides is 2. The van der Waals surface area contributed by atoms with E-state index in [1.807, 2.05) is 67.6 Å². The van der Waals surface area contributed by atoms with Gasteiger partial charge in [0, 0.05) is 23.6 Å². The standard InChI is InChI=1S/C31H30N2O5/c1-5-20-13-16-24-29(35)33(32-22-14-11-19(2)12-15-22)30(36)31(24,21-9-7-6-8-10-21)28(20)27-25(37-3)17-23(34)18-26(27)38-4/h5-15,17-18,24,28,32,34H,1,16H2,2-4H3/t24-,28+,31+/m0/s1. The van der Waals surface area contributed by atoms with Gasteiger partial charge in [0.25, 0.3) is 11.8 Å². The third-order valence-corrected chi connectivity index (χ3v) is 7.60. The molecule has 0 saturated carbocycles. The monoisotopic (exact) mass is 510 g/mol. The van der Waals surface area contributed by atoms with Crippen molar-refractivity contribution < 1.29 is 24.2 Å². The van der Waals surface area contributed by atoms with E-state index in [2.05, 4.69) is 12.0 Å². The minimum Gasteiger partial charge on any atom is -0.508 e. The van der Waals surface area contributed by atoms with Crippen LogP contribution < -0.4 is 14.9 Å². The molecule has 2 aliphatic rings. The van der Waals surface area contributed by atoms with Crippen LogP contribution in [-0.4, -0.2) is 36.1 Å². The van der Waals surface area contributed by atoms with Crippen molar-refractivity contribution in [3.63, 3.8) is 0 Å². The van der Waals surface area contributed by atoms with Gasteiger partial charge in [0.1, 0.15) is 17.2 Å². The molecule has 0 bridgehead atoms. The first kappa shape index (κ1) is 25.1. The first-order valence-corrected chi connectivity index (χ1v) is 12.4. The summed E-state index contributed by atoms with van der Waals surface area (Å²) < 4.78 is 11.4. The normalized spacial score (nSPS) is 22.5. The van der Waals surface area contributed by atoms with Crippen LogP contribution in [0.2, 0.25) is 0 Å². The van der Waals surface area contributed by atoms with Gasteiger partial charge in [-0.05, 0) is 36.6 Å². The van der Waals surface area contributed by atoms with Gasteiger partial charge in [-0.1, -0.05) is 66.8 Å². The molecule has 7 heteroatoms. The molecule has 1 saturated heterocycles. The summed E-state index contributed by atoms with van der Waals surface area (Å²) in [6.07, 6.45) is 4.02. The number of hydrazine groups is 1. The van der Waals surface area contributed by atoms with E-state index in [0.29, 0.717) is 34.7 Å². The van der Waals surface area contributed by atoms with Crippen molar-refractivity contribution in [2.75, 3.05) is 19.6 Å². The van der Waals surface area contributed by atoms with E-state index < -0.39 is 17.3 Å². The van der Waals surface area contributed by atoms with Crippen LogP contribution >= 0.6 is 0 Å². The number of benzene rings is 3. The maximum Gasteiger partial charge on any atom is 0.260 e. The smallest absolute Gasteiger partial charge is 0.260 e. The molecular formula is C31H30N2O5. The molecule has 3 aromatic carbocycles. The van der Waals surface area contributed by atoms with Gasteiger partial charge in [-0.15, -0.1) is 0 Å². The fourth-order valence-corrected chi connectivity index (χ4v) is 5.90. The number of fused-ring (bicyclic) bond motifs is 1. The van der Waals surface area contributed by atoms with Crippen LogP contribution in [-0.2, 0) is 15.0 Å². The van der Waals surface area contributed by atoms with Crippen LogP contribution in [0.4, 0.5) is 5.69 Å². The summed E-state index contributed by atoms with van der Waals surface area (Å²) in [7, 11) is 2.99.